The van der Waals surface area contributed by atoms with Crippen LogP contribution in [0.15, 0.2) is 24.3 Å². The van der Waals surface area contributed by atoms with Gasteiger partial charge in [-0.25, -0.2) is 9.97 Å². The van der Waals surface area contributed by atoms with Gasteiger partial charge in [-0.2, -0.15) is 4.98 Å². The number of carbonyl (C=O) groups is 1. The number of hydrogen-bond donors (Lipinski definition) is 2. The third-order valence-electron chi connectivity index (χ3n) is 4.08. The van der Waals surface area contributed by atoms with Gasteiger partial charge in [0.15, 0.2) is 0 Å². The number of ether oxygens (including phenoxy) is 1. The molecule has 1 atom stereocenters. The van der Waals surface area contributed by atoms with Crippen LogP contribution in [0.25, 0.3) is 0 Å². The van der Waals surface area contributed by atoms with Crippen molar-refractivity contribution < 1.29 is 9.53 Å². The molecule has 0 unspecified atom stereocenters. The van der Waals surface area contributed by atoms with Gasteiger partial charge >= 0.3 is 0 Å². The van der Waals surface area contributed by atoms with Crippen molar-refractivity contribution in [1.29, 1.82) is 0 Å². The van der Waals surface area contributed by atoms with Crippen LogP contribution in [0, 0.1) is 12.8 Å². The molecule has 0 radical (unpaired) electrons. The van der Waals surface area contributed by atoms with Crippen molar-refractivity contribution >= 4 is 17.7 Å². The molecule has 1 fully saturated rings. The van der Waals surface area contributed by atoms with Crippen LogP contribution in [-0.4, -0.2) is 47.2 Å². The third-order valence-corrected chi connectivity index (χ3v) is 4.08. The Morgan fingerprint density at radius 1 is 1.36 bits per heavy atom. The Morgan fingerprint density at radius 2 is 2.20 bits per heavy atom. The molecule has 1 saturated heterocycles. The van der Waals surface area contributed by atoms with E-state index in [0.717, 1.165) is 30.3 Å². The molecule has 1 amide bonds. The molecular weight excluding hydrogens is 320 g/mol. The zero-order chi connectivity index (χ0) is 17.8. The van der Waals surface area contributed by atoms with Crippen LogP contribution in [0.1, 0.15) is 21.9 Å². The fraction of sp³-hybridized carbons (Fsp3) is 0.412. The van der Waals surface area contributed by atoms with Gasteiger partial charge in [-0.3, -0.25) is 4.79 Å². The number of amides is 1. The molecule has 132 valence electrons. The quantitative estimate of drug-likeness (QED) is 0.832. The molecule has 2 aromatic heterocycles. The van der Waals surface area contributed by atoms with E-state index in [1.165, 1.54) is 0 Å². The predicted molar refractivity (Wildman–Crippen MR) is 94.2 cm³/mol. The summed E-state index contributed by atoms with van der Waals surface area (Å²) in [6, 6.07) is 7.24. The summed E-state index contributed by atoms with van der Waals surface area (Å²) in [4.78, 5) is 26.2. The first kappa shape index (κ1) is 17.1. The Hall–Kier alpha value is -2.74. The van der Waals surface area contributed by atoms with E-state index in [1.54, 1.807) is 12.1 Å². The van der Waals surface area contributed by atoms with Crippen molar-refractivity contribution in [2.45, 2.75) is 13.3 Å². The van der Waals surface area contributed by atoms with Crippen LogP contribution in [0.4, 0.5) is 11.8 Å². The van der Waals surface area contributed by atoms with Gasteiger partial charge in [0.2, 0.25) is 5.95 Å². The summed E-state index contributed by atoms with van der Waals surface area (Å²) in [6.07, 6.45) is 0.692. The largest absolute Gasteiger partial charge is 0.379 e. The Bertz CT molecular complexity index is 746. The minimum absolute atomic E-state index is 0.217. The Balaban J connectivity index is 1.75. The van der Waals surface area contributed by atoms with E-state index >= 15 is 0 Å². The van der Waals surface area contributed by atoms with Crippen molar-refractivity contribution in [3.05, 3.63) is 41.3 Å². The summed E-state index contributed by atoms with van der Waals surface area (Å²) in [5, 5.41) is 0. The van der Waals surface area contributed by atoms with E-state index in [1.807, 2.05) is 19.1 Å². The molecule has 0 saturated carbocycles. The second kappa shape index (κ2) is 7.43. The minimum Gasteiger partial charge on any atom is -0.379 e. The first-order valence-electron chi connectivity index (χ1n) is 8.21. The lowest BCUT2D eigenvalue weighted by atomic mass is 10.0. The van der Waals surface area contributed by atoms with Gasteiger partial charge in [-0.05, 0) is 25.5 Å². The molecule has 2 aromatic rings. The van der Waals surface area contributed by atoms with Gasteiger partial charge < -0.3 is 21.1 Å². The van der Waals surface area contributed by atoms with Crippen molar-refractivity contribution in [3.63, 3.8) is 0 Å². The number of rotatable bonds is 4. The Morgan fingerprint density at radius 3 is 2.96 bits per heavy atom. The molecule has 4 N–H and O–H groups in total. The number of carbonyl (C=O) groups excluding carboxylic acids is 1. The van der Waals surface area contributed by atoms with Crippen LogP contribution >= 0.6 is 0 Å². The van der Waals surface area contributed by atoms with E-state index in [-0.39, 0.29) is 17.6 Å². The standard InChI is InChI=1S/C17H22N6O2/c1-11-7-15(22-17(19)20-11)23-5-6-25-10-12(9-23)8-13-3-2-4-14(21-13)16(18)24/h2-4,7,12H,5-6,8-10H2,1H3,(H2,18,24)(H2,19,20,22)/t12-/m0/s1. The summed E-state index contributed by atoms with van der Waals surface area (Å²) >= 11 is 0. The Labute approximate surface area is 146 Å². The highest BCUT2D eigenvalue weighted by Gasteiger charge is 2.21. The molecule has 0 aliphatic carbocycles. The predicted octanol–water partition coefficient (Wildman–Crippen LogP) is 0.557. The monoisotopic (exact) mass is 342 g/mol. The maximum absolute atomic E-state index is 11.3. The molecule has 8 nitrogen and oxygen atoms in total. The molecule has 1 aliphatic rings. The lowest BCUT2D eigenvalue weighted by Gasteiger charge is -2.24. The van der Waals surface area contributed by atoms with Gasteiger partial charge in [0.1, 0.15) is 11.5 Å². The zero-order valence-electron chi connectivity index (χ0n) is 14.2. The number of nitrogen functional groups attached to an aromatic ring is 1. The first-order chi connectivity index (χ1) is 12.0. The lowest BCUT2D eigenvalue weighted by Crippen LogP contribution is -2.32. The smallest absolute Gasteiger partial charge is 0.267 e. The summed E-state index contributed by atoms with van der Waals surface area (Å²) in [5.41, 5.74) is 13.0. The Kier molecular flexibility index (Phi) is 5.08. The van der Waals surface area contributed by atoms with Gasteiger partial charge in [-0.1, -0.05) is 6.07 Å². The summed E-state index contributed by atoms with van der Waals surface area (Å²) in [7, 11) is 0. The fourth-order valence-electron chi connectivity index (χ4n) is 2.97. The van der Waals surface area contributed by atoms with Gasteiger partial charge in [-0.15, -0.1) is 0 Å². The highest BCUT2D eigenvalue weighted by atomic mass is 16.5. The average Bonchev–Trinajstić information content (AvgIpc) is 2.80. The molecule has 1 aliphatic heterocycles. The molecule has 8 heteroatoms. The highest BCUT2D eigenvalue weighted by molar-refractivity contribution is 5.90. The molecule has 0 aromatic carbocycles. The second-order valence-corrected chi connectivity index (χ2v) is 6.20. The molecule has 0 spiro atoms. The highest BCUT2D eigenvalue weighted by Crippen LogP contribution is 2.19. The maximum atomic E-state index is 11.3. The van der Waals surface area contributed by atoms with Gasteiger partial charge in [0.05, 0.1) is 13.2 Å². The van der Waals surface area contributed by atoms with E-state index in [0.29, 0.717) is 19.6 Å². The molecule has 25 heavy (non-hydrogen) atoms. The van der Waals surface area contributed by atoms with E-state index in [2.05, 4.69) is 19.9 Å². The number of primary amides is 1. The number of pyridine rings is 1. The van der Waals surface area contributed by atoms with Crippen molar-refractivity contribution in [2.24, 2.45) is 11.7 Å². The number of hydrogen-bond acceptors (Lipinski definition) is 7. The summed E-state index contributed by atoms with van der Waals surface area (Å²) in [5.74, 6) is 0.772. The number of aryl methyl sites for hydroxylation is 1. The number of aromatic nitrogens is 3. The van der Waals surface area contributed by atoms with E-state index in [9.17, 15) is 4.79 Å². The first-order valence-corrected chi connectivity index (χ1v) is 8.21. The van der Waals surface area contributed by atoms with Crippen LogP contribution < -0.4 is 16.4 Å². The molecule has 0 bridgehead atoms. The second-order valence-electron chi connectivity index (χ2n) is 6.20. The van der Waals surface area contributed by atoms with Crippen LogP contribution in [0.3, 0.4) is 0 Å². The topological polar surface area (TPSA) is 120 Å². The summed E-state index contributed by atoms with van der Waals surface area (Å²) < 4.78 is 5.73. The normalized spacial score (nSPS) is 18.0. The number of nitrogens with two attached hydrogens (primary N) is 2. The maximum Gasteiger partial charge on any atom is 0.267 e. The molecular formula is C17H22N6O2. The average molecular weight is 342 g/mol. The lowest BCUT2D eigenvalue weighted by molar-refractivity contribution is 0.0995. The van der Waals surface area contributed by atoms with Gasteiger partial charge in [0.25, 0.3) is 5.91 Å². The summed E-state index contributed by atoms with van der Waals surface area (Å²) in [6.45, 7) is 4.64. The number of nitrogens with zero attached hydrogens (tertiary/aromatic N) is 4. The van der Waals surface area contributed by atoms with Crippen molar-refractivity contribution in [2.75, 3.05) is 36.9 Å². The minimum atomic E-state index is -0.521. The molecule has 3 rings (SSSR count). The van der Waals surface area contributed by atoms with Crippen molar-refractivity contribution in [1.82, 2.24) is 15.0 Å². The van der Waals surface area contributed by atoms with Gasteiger partial charge in [0, 0.05) is 36.5 Å². The van der Waals surface area contributed by atoms with Crippen molar-refractivity contribution in [3.8, 4) is 0 Å². The van der Waals surface area contributed by atoms with Crippen LogP contribution in [-0.2, 0) is 11.2 Å². The fourth-order valence-corrected chi connectivity index (χ4v) is 2.97. The SMILES string of the molecule is Cc1cc(N2CCOC[C@@H](Cc3cccc(C(N)=O)n3)C2)nc(N)n1. The number of anilines is 2. The van der Waals surface area contributed by atoms with E-state index < -0.39 is 5.91 Å². The third kappa shape index (κ3) is 4.42. The van der Waals surface area contributed by atoms with Crippen LogP contribution in [0.5, 0.6) is 0 Å². The van der Waals surface area contributed by atoms with Crippen LogP contribution in [0.2, 0.25) is 0 Å². The zero-order valence-corrected chi connectivity index (χ0v) is 14.2. The molecule has 3 heterocycles. The van der Waals surface area contributed by atoms with E-state index in [4.69, 9.17) is 16.2 Å².